The van der Waals surface area contributed by atoms with E-state index in [1.807, 2.05) is 49.5 Å². The zero-order chi connectivity index (χ0) is 37.1. The molecule has 13 heteroatoms. The van der Waals surface area contributed by atoms with Crippen LogP contribution in [0.5, 0.6) is 0 Å². The Kier molecular flexibility index (Phi) is 9.89. The highest BCUT2D eigenvalue weighted by Crippen LogP contribution is 2.31. The van der Waals surface area contributed by atoms with Crippen LogP contribution in [-0.4, -0.2) is 36.8 Å². The van der Waals surface area contributed by atoms with E-state index in [2.05, 4.69) is 58.2 Å². The van der Waals surface area contributed by atoms with Gasteiger partial charge in [-0.2, -0.15) is 0 Å². The quantitative estimate of drug-likeness (QED) is 0.0475. The number of benzene rings is 4. The molecule has 0 aliphatic heterocycles. The van der Waals surface area contributed by atoms with Crippen LogP contribution in [0.25, 0.3) is 44.6 Å². The first-order chi connectivity index (χ1) is 25.7. The number of rotatable bonds is 14. The Labute approximate surface area is 303 Å². The van der Waals surface area contributed by atoms with Gasteiger partial charge in [0, 0.05) is 32.0 Å². The summed E-state index contributed by atoms with van der Waals surface area (Å²) in [6, 6.07) is 27.7. The highest BCUT2D eigenvalue weighted by molar-refractivity contribution is 5.97. The fourth-order valence-corrected chi connectivity index (χ4v) is 6.67. The van der Waals surface area contributed by atoms with Crippen LogP contribution in [0.1, 0.15) is 58.6 Å². The molecule has 0 saturated carbocycles. The van der Waals surface area contributed by atoms with Gasteiger partial charge in [0.05, 0.1) is 34.2 Å². The van der Waals surface area contributed by atoms with E-state index in [0.717, 1.165) is 68.8 Å². The zero-order valence-corrected chi connectivity index (χ0v) is 29.5. The smallest absolute Gasteiger partial charge is 0.454 e. The number of nitrogens with zero attached hydrogens (tertiary/aromatic N) is 5. The van der Waals surface area contributed by atoms with Crippen molar-refractivity contribution in [3.8, 4) is 22.5 Å². The Morgan fingerprint density at radius 3 is 2.43 bits per heavy atom. The molecule has 7 rings (SSSR count). The number of hydrogen-bond acceptors (Lipinski definition) is 10. The van der Waals surface area contributed by atoms with E-state index in [1.54, 1.807) is 12.1 Å². The second kappa shape index (κ2) is 15.0. The molecule has 0 aliphatic rings. The van der Waals surface area contributed by atoms with Gasteiger partial charge in [-0.15, -0.1) is 10.1 Å². The third kappa shape index (κ3) is 7.31. The van der Waals surface area contributed by atoms with Crippen molar-refractivity contribution in [2.45, 2.75) is 52.7 Å². The minimum absolute atomic E-state index is 0.0383. The van der Waals surface area contributed by atoms with E-state index >= 15 is 0 Å². The molecule has 0 radical (unpaired) electrons. The van der Waals surface area contributed by atoms with E-state index in [4.69, 9.17) is 23.5 Å². The highest BCUT2D eigenvalue weighted by atomic mass is 16.9. The summed E-state index contributed by atoms with van der Waals surface area (Å²) in [6.07, 6.45) is 2.12. The largest absolute Gasteiger partial charge is 0.519 e. The van der Waals surface area contributed by atoms with Crippen molar-refractivity contribution < 1.29 is 28.3 Å². The van der Waals surface area contributed by atoms with Gasteiger partial charge in [-0.1, -0.05) is 61.5 Å². The van der Waals surface area contributed by atoms with Crippen LogP contribution in [-0.2, 0) is 42.6 Å². The molecule has 0 bridgehead atoms. The molecule has 3 aromatic heterocycles. The highest BCUT2D eigenvalue weighted by Gasteiger charge is 2.20. The Morgan fingerprint density at radius 2 is 1.66 bits per heavy atom. The van der Waals surface area contributed by atoms with Crippen LogP contribution in [0, 0.1) is 17.0 Å². The lowest BCUT2D eigenvalue weighted by atomic mass is 9.98. The van der Waals surface area contributed by atoms with Gasteiger partial charge in [0.25, 0.3) is 5.09 Å². The minimum atomic E-state index is -0.954. The van der Waals surface area contributed by atoms with Gasteiger partial charge in [0.1, 0.15) is 11.6 Å². The Morgan fingerprint density at radius 1 is 0.906 bits per heavy atom. The predicted molar refractivity (Wildman–Crippen MR) is 197 cm³/mol. The SMILES string of the molecule is CCCc1nc2c(C)cc(-c3nc4ccccc4n3C)cc2n1Cc1ccc(-c2ccccc2C(=O)OCc2oc(=O)oc2CCCO[N+](=O)[O-])cc1. The van der Waals surface area contributed by atoms with E-state index in [1.165, 1.54) is 0 Å². The lowest BCUT2D eigenvalue weighted by Gasteiger charge is -2.13. The Bertz CT molecular complexity index is 2510. The molecule has 7 aromatic rings. The van der Waals surface area contributed by atoms with Crippen LogP contribution in [0.2, 0.25) is 0 Å². The number of ether oxygens (including phenoxy) is 1. The fourth-order valence-electron chi connectivity index (χ4n) is 6.67. The molecule has 0 amide bonds. The first-order valence-corrected chi connectivity index (χ1v) is 17.4. The number of hydrogen-bond donors (Lipinski definition) is 0. The topological polar surface area (TPSA) is 158 Å². The molecule has 0 unspecified atom stereocenters. The Hall–Kier alpha value is -6.50. The van der Waals surface area contributed by atoms with E-state index in [9.17, 15) is 19.7 Å². The predicted octanol–water partition coefficient (Wildman–Crippen LogP) is 7.61. The first kappa shape index (κ1) is 34.9. The molecule has 3 heterocycles. The standard InChI is InChI=1S/C40H37N5O8/c1-4-10-36-42-37-25(2)21-28(38-41-31-13-7-8-14-32(31)43(38)3)22-33(37)44(36)23-26-16-18-27(19-17-26)29-11-5-6-12-30(29)39(46)50-24-35-34(52-40(47)53-35)15-9-20-51-45(48)49/h5-8,11-14,16-19,21-22H,4,9-10,15,20,23-24H2,1-3H3. The van der Waals surface area contributed by atoms with Crippen molar-refractivity contribution in [2.24, 2.45) is 7.05 Å². The molecular weight excluding hydrogens is 678 g/mol. The number of carbonyl (C=O) groups excluding carboxylic acids is 1. The van der Waals surface area contributed by atoms with Crippen LogP contribution in [0.4, 0.5) is 0 Å². The maximum Gasteiger partial charge on any atom is 0.519 e. The van der Waals surface area contributed by atoms with Gasteiger partial charge in [-0.3, -0.25) is 0 Å². The van der Waals surface area contributed by atoms with Crippen molar-refractivity contribution in [1.29, 1.82) is 0 Å². The third-order valence-corrected chi connectivity index (χ3v) is 9.20. The summed E-state index contributed by atoms with van der Waals surface area (Å²) in [6.45, 7) is 4.33. The average Bonchev–Trinajstić information content (AvgIpc) is 3.81. The second-order valence-electron chi connectivity index (χ2n) is 12.8. The summed E-state index contributed by atoms with van der Waals surface area (Å²) < 4.78 is 20.1. The Balaban J connectivity index is 1.12. The van der Waals surface area contributed by atoms with Crippen molar-refractivity contribution in [3.05, 3.63) is 140 Å². The number of esters is 1. The molecule has 53 heavy (non-hydrogen) atoms. The summed E-state index contributed by atoms with van der Waals surface area (Å²) in [5.41, 5.74) is 9.09. The van der Waals surface area contributed by atoms with Crippen LogP contribution < -0.4 is 5.82 Å². The molecule has 0 saturated heterocycles. The van der Waals surface area contributed by atoms with Gasteiger partial charge >= 0.3 is 11.8 Å². The van der Waals surface area contributed by atoms with Gasteiger partial charge < -0.3 is 27.5 Å². The van der Waals surface area contributed by atoms with Crippen LogP contribution >= 0.6 is 0 Å². The summed E-state index contributed by atoms with van der Waals surface area (Å²) >= 11 is 0. The van der Waals surface area contributed by atoms with Crippen LogP contribution in [0.15, 0.2) is 98.6 Å². The number of para-hydroxylation sites is 2. The van der Waals surface area contributed by atoms with Gasteiger partial charge in [-0.25, -0.2) is 19.6 Å². The zero-order valence-electron chi connectivity index (χ0n) is 29.5. The van der Waals surface area contributed by atoms with E-state index in [-0.39, 0.29) is 37.6 Å². The molecule has 270 valence electrons. The average molecular weight is 716 g/mol. The maximum atomic E-state index is 13.3. The molecule has 13 nitrogen and oxygen atoms in total. The summed E-state index contributed by atoms with van der Waals surface area (Å²) in [4.78, 5) is 49.8. The lowest BCUT2D eigenvalue weighted by molar-refractivity contribution is -0.757. The fraction of sp³-hybridized carbons (Fsp3) is 0.250. The third-order valence-electron chi connectivity index (χ3n) is 9.20. The molecular formula is C40H37N5O8. The minimum Gasteiger partial charge on any atom is -0.454 e. The molecule has 0 N–H and O–H groups in total. The number of aromatic nitrogens is 4. The van der Waals surface area contributed by atoms with Crippen molar-refractivity contribution >= 4 is 28.0 Å². The molecule has 0 spiro atoms. The first-order valence-electron chi connectivity index (χ1n) is 17.4. The lowest BCUT2D eigenvalue weighted by Crippen LogP contribution is -2.08. The number of imidazole rings is 2. The summed E-state index contributed by atoms with van der Waals surface area (Å²) in [7, 11) is 2.04. The van der Waals surface area contributed by atoms with Crippen molar-refractivity contribution in [1.82, 2.24) is 19.1 Å². The number of aryl methyl sites for hydroxylation is 4. The van der Waals surface area contributed by atoms with Gasteiger partial charge in [0.15, 0.2) is 18.1 Å². The van der Waals surface area contributed by atoms with E-state index in [0.29, 0.717) is 17.7 Å². The monoisotopic (exact) mass is 715 g/mol. The molecule has 0 aliphatic carbocycles. The van der Waals surface area contributed by atoms with Crippen molar-refractivity contribution in [3.63, 3.8) is 0 Å². The van der Waals surface area contributed by atoms with Gasteiger partial charge in [0.2, 0.25) is 0 Å². The molecule has 0 atom stereocenters. The van der Waals surface area contributed by atoms with Crippen LogP contribution in [0.3, 0.4) is 0 Å². The normalized spacial score (nSPS) is 11.4. The molecule has 0 fully saturated rings. The number of fused-ring (bicyclic) bond motifs is 2. The van der Waals surface area contributed by atoms with E-state index < -0.39 is 16.9 Å². The summed E-state index contributed by atoms with van der Waals surface area (Å²) in [5, 5.41) is 9.51. The second-order valence-corrected chi connectivity index (χ2v) is 12.8. The van der Waals surface area contributed by atoms with Gasteiger partial charge in [-0.05, 0) is 72.4 Å². The van der Waals surface area contributed by atoms with Crippen molar-refractivity contribution in [2.75, 3.05) is 6.61 Å². The maximum absolute atomic E-state index is 13.3. The number of carbonyl (C=O) groups is 1. The molecule has 4 aromatic carbocycles. The summed E-state index contributed by atoms with van der Waals surface area (Å²) in [5.74, 6) is 0.532.